The molecule has 1 atom stereocenters. The molecule has 1 aliphatic heterocycles. The van der Waals surface area contributed by atoms with E-state index in [1.807, 2.05) is 24.3 Å². The van der Waals surface area contributed by atoms with E-state index in [4.69, 9.17) is 9.47 Å². The summed E-state index contributed by atoms with van der Waals surface area (Å²) in [6, 6.07) is 6.38. The molecule has 0 spiro atoms. The summed E-state index contributed by atoms with van der Waals surface area (Å²) in [5, 5.41) is 0. The van der Waals surface area contributed by atoms with Gasteiger partial charge in [0.1, 0.15) is 11.6 Å². The third-order valence-electron chi connectivity index (χ3n) is 3.95. The maximum atomic E-state index is 12.5. The van der Waals surface area contributed by atoms with Gasteiger partial charge in [0.2, 0.25) is 10.0 Å². The Kier molecular flexibility index (Phi) is 6.08. The van der Waals surface area contributed by atoms with Crippen LogP contribution in [0.15, 0.2) is 24.3 Å². The number of hydrogen-bond donors (Lipinski definition) is 0. The highest BCUT2D eigenvalue weighted by Crippen LogP contribution is 2.26. The monoisotopic (exact) mass is 383 g/mol. The predicted molar refractivity (Wildman–Crippen MR) is 95.7 cm³/mol. The van der Waals surface area contributed by atoms with E-state index in [1.54, 1.807) is 20.8 Å². The van der Waals surface area contributed by atoms with Gasteiger partial charge in [0.05, 0.1) is 5.75 Å². The minimum absolute atomic E-state index is 0.110. The fourth-order valence-corrected chi connectivity index (χ4v) is 3.97. The molecule has 0 unspecified atom stereocenters. The highest BCUT2D eigenvalue weighted by atomic mass is 32.2. The number of ether oxygens (including phenoxy) is 2. The zero-order valence-electron chi connectivity index (χ0n) is 15.5. The van der Waals surface area contributed by atoms with Crippen molar-refractivity contribution in [1.29, 1.82) is 0 Å². The molecule has 1 aromatic rings. The summed E-state index contributed by atoms with van der Waals surface area (Å²) in [6.07, 6.45) is 0.211. The van der Waals surface area contributed by atoms with Crippen molar-refractivity contribution >= 4 is 22.0 Å². The third-order valence-corrected chi connectivity index (χ3v) is 5.78. The number of fused-ring (bicyclic) bond motifs is 1. The Bertz CT molecular complexity index is 781. The average molecular weight is 383 g/mol. The molecule has 0 saturated heterocycles. The molecule has 7 nitrogen and oxygen atoms in total. The van der Waals surface area contributed by atoms with Crippen LogP contribution in [0.3, 0.4) is 0 Å². The van der Waals surface area contributed by atoms with Gasteiger partial charge in [-0.25, -0.2) is 13.2 Å². The number of hydrogen-bond acceptors (Lipinski definition) is 6. The number of esters is 2. The van der Waals surface area contributed by atoms with Crippen LogP contribution in [0, 0.1) is 0 Å². The summed E-state index contributed by atoms with van der Waals surface area (Å²) in [5.41, 5.74) is 1.07. The van der Waals surface area contributed by atoms with Gasteiger partial charge in [-0.1, -0.05) is 24.3 Å². The van der Waals surface area contributed by atoms with Gasteiger partial charge >= 0.3 is 11.9 Å². The molecule has 0 N–H and O–H groups in total. The van der Waals surface area contributed by atoms with Gasteiger partial charge in [0.15, 0.2) is 6.61 Å². The van der Waals surface area contributed by atoms with Crippen molar-refractivity contribution in [3.63, 3.8) is 0 Å². The molecule has 144 valence electrons. The van der Waals surface area contributed by atoms with Crippen molar-refractivity contribution in [2.75, 3.05) is 12.4 Å². The lowest BCUT2D eigenvalue weighted by Crippen LogP contribution is -2.50. The first-order valence-corrected chi connectivity index (χ1v) is 10.1. The van der Waals surface area contributed by atoms with E-state index in [0.717, 1.165) is 15.4 Å². The second-order valence-corrected chi connectivity index (χ2v) is 9.34. The van der Waals surface area contributed by atoms with Gasteiger partial charge in [0, 0.05) is 13.0 Å². The van der Waals surface area contributed by atoms with Gasteiger partial charge in [-0.15, -0.1) is 0 Å². The van der Waals surface area contributed by atoms with E-state index in [2.05, 4.69) is 0 Å². The second-order valence-electron chi connectivity index (χ2n) is 7.13. The SMILES string of the molecule is CCS(=O)(=O)N1Cc2ccccc2C[C@H]1C(=O)OCC(=O)OC(C)(C)C. The lowest BCUT2D eigenvalue weighted by atomic mass is 9.96. The lowest BCUT2D eigenvalue weighted by Gasteiger charge is -2.34. The summed E-state index contributed by atoms with van der Waals surface area (Å²) in [6.45, 7) is 6.22. The summed E-state index contributed by atoms with van der Waals surface area (Å²) in [7, 11) is -3.61. The lowest BCUT2D eigenvalue weighted by molar-refractivity contribution is -0.168. The smallest absolute Gasteiger partial charge is 0.344 e. The van der Waals surface area contributed by atoms with Gasteiger partial charge in [-0.05, 0) is 38.8 Å². The molecule has 8 heteroatoms. The van der Waals surface area contributed by atoms with Crippen LogP contribution in [0.4, 0.5) is 0 Å². The van der Waals surface area contributed by atoms with Gasteiger partial charge in [-0.3, -0.25) is 4.79 Å². The Labute approximate surface area is 154 Å². The van der Waals surface area contributed by atoms with Crippen LogP contribution in [-0.4, -0.2) is 48.7 Å². The van der Waals surface area contributed by atoms with E-state index in [0.29, 0.717) is 0 Å². The Morgan fingerprint density at radius 1 is 1.19 bits per heavy atom. The summed E-state index contributed by atoms with van der Waals surface area (Å²) < 4.78 is 36.2. The maximum absolute atomic E-state index is 12.5. The molecule has 0 bridgehead atoms. The van der Waals surface area contributed by atoms with Crippen LogP contribution >= 0.6 is 0 Å². The third kappa shape index (κ3) is 5.04. The first kappa shape index (κ1) is 20.4. The molecule has 0 saturated carbocycles. The van der Waals surface area contributed by atoms with Crippen LogP contribution in [-0.2, 0) is 42.1 Å². The van der Waals surface area contributed by atoms with Crippen molar-refractivity contribution in [2.45, 2.75) is 52.3 Å². The molecule has 2 rings (SSSR count). The van der Waals surface area contributed by atoms with Gasteiger partial charge in [0.25, 0.3) is 0 Å². The summed E-state index contributed by atoms with van der Waals surface area (Å²) in [5.74, 6) is -1.54. The quantitative estimate of drug-likeness (QED) is 0.718. The highest BCUT2D eigenvalue weighted by molar-refractivity contribution is 7.89. The van der Waals surface area contributed by atoms with Crippen LogP contribution in [0.25, 0.3) is 0 Å². The molecular formula is C18H25NO6S. The normalized spacial score (nSPS) is 18.1. The van der Waals surface area contributed by atoms with Crippen LogP contribution in [0.1, 0.15) is 38.8 Å². The number of carbonyl (C=O) groups is 2. The molecule has 1 heterocycles. The minimum Gasteiger partial charge on any atom is -0.457 e. The number of nitrogens with zero attached hydrogens (tertiary/aromatic N) is 1. The first-order valence-electron chi connectivity index (χ1n) is 8.48. The number of rotatable bonds is 5. The zero-order chi connectivity index (χ0) is 19.5. The zero-order valence-corrected chi connectivity index (χ0v) is 16.3. The second kappa shape index (κ2) is 7.75. The number of benzene rings is 1. The molecule has 1 aromatic carbocycles. The summed E-state index contributed by atoms with van der Waals surface area (Å²) >= 11 is 0. The van der Waals surface area contributed by atoms with Gasteiger partial charge in [-0.2, -0.15) is 4.31 Å². The Hall–Kier alpha value is -1.93. The van der Waals surface area contributed by atoms with Crippen molar-refractivity contribution in [1.82, 2.24) is 4.31 Å². The number of carbonyl (C=O) groups excluding carboxylic acids is 2. The van der Waals surface area contributed by atoms with Crippen molar-refractivity contribution in [3.8, 4) is 0 Å². The van der Waals surface area contributed by atoms with E-state index in [-0.39, 0.29) is 18.7 Å². The van der Waals surface area contributed by atoms with Crippen molar-refractivity contribution in [2.24, 2.45) is 0 Å². The average Bonchev–Trinajstić information content (AvgIpc) is 2.57. The van der Waals surface area contributed by atoms with E-state index in [9.17, 15) is 18.0 Å². The molecule has 0 fully saturated rings. The van der Waals surface area contributed by atoms with Crippen molar-refractivity contribution < 1.29 is 27.5 Å². The predicted octanol–water partition coefficient (Wildman–Crippen LogP) is 1.65. The molecule has 0 aliphatic carbocycles. The highest BCUT2D eigenvalue weighted by Gasteiger charge is 2.39. The Morgan fingerprint density at radius 2 is 1.81 bits per heavy atom. The molecule has 0 amide bonds. The topological polar surface area (TPSA) is 90.0 Å². The van der Waals surface area contributed by atoms with Crippen LogP contribution in [0.5, 0.6) is 0 Å². The van der Waals surface area contributed by atoms with E-state index in [1.165, 1.54) is 6.92 Å². The number of sulfonamides is 1. The fraction of sp³-hybridized carbons (Fsp3) is 0.556. The summed E-state index contributed by atoms with van der Waals surface area (Å²) in [4.78, 5) is 24.3. The molecule has 1 aliphatic rings. The van der Waals surface area contributed by atoms with E-state index >= 15 is 0 Å². The molecule has 0 aromatic heterocycles. The Balaban J connectivity index is 2.16. The van der Waals surface area contributed by atoms with Gasteiger partial charge < -0.3 is 9.47 Å². The first-order chi connectivity index (χ1) is 12.0. The van der Waals surface area contributed by atoms with E-state index < -0.39 is 40.2 Å². The molecular weight excluding hydrogens is 358 g/mol. The fourth-order valence-electron chi connectivity index (χ4n) is 2.76. The minimum atomic E-state index is -3.61. The largest absolute Gasteiger partial charge is 0.457 e. The maximum Gasteiger partial charge on any atom is 0.344 e. The Morgan fingerprint density at radius 3 is 2.38 bits per heavy atom. The molecule has 26 heavy (non-hydrogen) atoms. The standard InChI is InChI=1S/C18H25NO6S/c1-5-26(22,23)19-11-14-9-7-6-8-13(14)10-15(19)17(21)24-12-16(20)25-18(2,3)4/h6-9,15H,5,10-12H2,1-4H3/t15-/m0/s1. The van der Waals surface area contributed by atoms with Crippen LogP contribution < -0.4 is 0 Å². The van der Waals surface area contributed by atoms with Crippen LogP contribution in [0.2, 0.25) is 0 Å². The molecule has 0 radical (unpaired) electrons. The van der Waals surface area contributed by atoms with Crippen molar-refractivity contribution in [3.05, 3.63) is 35.4 Å².